The van der Waals surface area contributed by atoms with Gasteiger partial charge in [0.15, 0.2) is 0 Å². The summed E-state index contributed by atoms with van der Waals surface area (Å²) in [4.78, 5) is 2.78. The summed E-state index contributed by atoms with van der Waals surface area (Å²) in [5, 5.41) is 0. The fourth-order valence-electron chi connectivity index (χ4n) is 3.98. The molecule has 1 aliphatic carbocycles. The van der Waals surface area contributed by atoms with Crippen molar-refractivity contribution < 1.29 is 0 Å². The molecule has 2 N–H and O–H groups in total. The van der Waals surface area contributed by atoms with Crippen molar-refractivity contribution in [1.29, 1.82) is 0 Å². The summed E-state index contributed by atoms with van der Waals surface area (Å²) in [5.74, 6) is 3.48. The molecule has 0 aromatic rings. The Bertz CT molecular complexity index is 253. The van der Waals surface area contributed by atoms with E-state index in [1.165, 1.54) is 45.2 Å². The van der Waals surface area contributed by atoms with Crippen molar-refractivity contribution in [2.75, 3.05) is 19.6 Å². The van der Waals surface area contributed by atoms with Crippen LogP contribution in [0, 0.1) is 23.7 Å². The molecule has 18 heavy (non-hydrogen) atoms. The maximum absolute atomic E-state index is 6.02. The standard InChI is InChI=1S/C16H32N2/c1-4-14-5-6-15(10-17)16(9-14)18-8-7-12(2)13(3)11-18/h12-16H,4-11,17H2,1-3H3. The summed E-state index contributed by atoms with van der Waals surface area (Å²) >= 11 is 0. The molecule has 106 valence electrons. The zero-order chi connectivity index (χ0) is 13.1. The van der Waals surface area contributed by atoms with Crippen molar-refractivity contribution in [2.24, 2.45) is 29.4 Å². The maximum atomic E-state index is 6.02. The summed E-state index contributed by atoms with van der Waals surface area (Å²) < 4.78 is 0. The van der Waals surface area contributed by atoms with Crippen molar-refractivity contribution in [1.82, 2.24) is 4.90 Å². The number of rotatable bonds is 3. The summed E-state index contributed by atoms with van der Waals surface area (Å²) in [7, 11) is 0. The van der Waals surface area contributed by atoms with Crippen LogP contribution in [-0.2, 0) is 0 Å². The summed E-state index contributed by atoms with van der Waals surface area (Å²) in [6, 6.07) is 0.781. The van der Waals surface area contributed by atoms with Gasteiger partial charge in [-0.3, -0.25) is 4.90 Å². The van der Waals surface area contributed by atoms with E-state index in [0.29, 0.717) is 0 Å². The monoisotopic (exact) mass is 252 g/mol. The molecule has 0 aromatic carbocycles. The SMILES string of the molecule is CCC1CCC(CN)C(N2CCC(C)C(C)C2)C1. The minimum Gasteiger partial charge on any atom is -0.330 e. The third-order valence-corrected chi connectivity index (χ3v) is 5.78. The van der Waals surface area contributed by atoms with Crippen molar-refractivity contribution in [2.45, 2.75) is 58.9 Å². The lowest BCUT2D eigenvalue weighted by Crippen LogP contribution is -2.51. The van der Waals surface area contributed by atoms with Gasteiger partial charge in [-0.2, -0.15) is 0 Å². The zero-order valence-electron chi connectivity index (χ0n) is 12.6. The van der Waals surface area contributed by atoms with Crippen LogP contribution in [-0.4, -0.2) is 30.6 Å². The first-order valence-corrected chi connectivity index (χ1v) is 8.09. The quantitative estimate of drug-likeness (QED) is 0.836. The number of hydrogen-bond acceptors (Lipinski definition) is 2. The predicted octanol–water partition coefficient (Wildman–Crippen LogP) is 3.12. The zero-order valence-corrected chi connectivity index (χ0v) is 12.6. The Hall–Kier alpha value is -0.0800. The molecule has 0 aromatic heterocycles. The second-order valence-corrected chi connectivity index (χ2v) is 6.89. The minimum atomic E-state index is 0.758. The number of hydrogen-bond donors (Lipinski definition) is 1. The fraction of sp³-hybridized carbons (Fsp3) is 1.00. The molecule has 1 saturated heterocycles. The lowest BCUT2D eigenvalue weighted by Gasteiger charge is -2.46. The van der Waals surface area contributed by atoms with Crippen LogP contribution in [0.5, 0.6) is 0 Å². The maximum Gasteiger partial charge on any atom is 0.0138 e. The van der Waals surface area contributed by atoms with Gasteiger partial charge in [0, 0.05) is 12.6 Å². The van der Waals surface area contributed by atoms with Crippen LogP contribution in [0.1, 0.15) is 52.9 Å². The Morgan fingerprint density at radius 3 is 2.50 bits per heavy atom. The third kappa shape index (κ3) is 3.08. The van der Waals surface area contributed by atoms with E-state index in [2.05, 4.69) is 25.7 Å². The van der Waals surface area contributed by atoms with Crippen LogP contribution in [0.4, 0.5) is 0 Å². The van der Waals surface area contributed by atoms with Crippen molar-refractivity contribution in [3.63, 3.8) is 0 Å². The van der Waals surface area contributed by atoms with E-state index in [1.54, 1.807) is 0 Å². The molecule has 1 heterocycles. The average Bonchev–Trinajstić information content (AvgIpc) is 2.41. The Morgan fingerprint density at radius 2 is 1.89 bits per heavy atom. The minimum absolute atomic E-state index is 0.758. The molecule has 2 heteroatoms. The van der Waals surface area contributed by atoms with Crippen LogP contribution in [0.25, 0.3) is 0 Å². The highest BCUT2D eigenvalue weighted by Gasteiger charge is 2.35. The molecular formula is C16H32N2. The van der Waals surface area contributed by atoms with E-state index < -0.39 is 0 Å². The van der Waals surface area contributed by atoms with Crippen LogP contribution in [0.2, 0.25) is 0 Å². The van der Waals surface area contributed by atoms with E-state index in [-0.39, 0.29) is 0 Å². The highest BCUT2D eigenvalue weighted by atomic mass is 15.2. The van der Waals surface area contributed by atoms with Gasteiger partial charge in [-0.25, -0.2) is 0 Å². The number of nitrogens with two attached hydrogens (primary N) is 1. The van der Waals surface area contributed by atoms with Gasteiger partial charge in [0.05, 0.1) is 0 Å². The molecule has 2 aliphatic rings. The number of piperidine rings is 1. The highest BCUT2D eigenvalue weighted by molar-refractivity contribution is 4.90. The lowest BCUT2D eigenvalue weighted by atomic mass is 9.75. The summed E-state index contributed by atoms with van der Waals surface area (Å²) in [5.41, 5.74) is 6.02. The van der Waals surface area contributed by atoms with Gasteiger partial charge in [-0.15, -0.1) is 0 Å². The average molecular weight is 252 g/mol. The molecule has 2 fully saturated rings. The van der Waals surface area contributed by atoms with Crippen LogP contribution in [0.3, 0.4) is 0 Å². The van der Waals surface area contributed by atoms with E-state index in [4.69, 9.17) is 5.73 Å². The van der Waals surface area contributed by atoms with Gasteiger partial charge in [0.25, 0.3) is 0 Å². The number of likely N-dealkylation sites (tertiary alicyclic amines) is 1. The smallest absolute Gasteiger partial charge is 0.0138 e. The van der Waals surface area contributed by atoms with Crippen LogP contribution >= 0.6 is 0 Å². The third-order valence-electron chi connectivity index (χ3n) is 5.78. The summed E-state index contributed by atoms with van der Waals surface area (Å²) in [6.07, 6.45) is 6.91. The first kappa shape index (κ1) is 14.3. The summed E-state index contributed by atoms with van der Waals surface area (Å²) in [6.45, 7) is 10.7. The van der Waals surface area contributed by atoms with Gasteiger partial charge in [0.2, 0.25) is 0 Å². The van der Waals surface area contributed by atoms with Crippen molar-refractivity contribution in [3.05, 3.63) is 0 Å². The highest BCUT2D eigenvalue weighted by Crippen LogP contribution is 2.36. The molecule has 0 bridgehead atoms. The molecule has 5 atom stereocenters. The molecule has 1 aliphatic heterocycles. The Morgan fingerprint density at radius 1 is 1.11 bits per heavy atom. The van der Waals surface area contributed by atoms with Gasteiger partial charge >= 0.3 is 0 Å². The second kappa shape index (κ2) is 6.38. The lowest BCUT2D eigenvalue weighted by molar-refractivity contribution is 0.0323. The van der Waals surface area contributed by atoms with Crippen molar-refractivity contribution in [3.8, 4) is 0 Å². The molecule has 2 nitrogen and oxygen atoms in total. The van der Waals surface area contributed by atoms with Crippen molar-refractivity contribution >= 4 is 0 Å². The first-order valence-electron chi connectivity index (χ1n) is 8.09. The van der Waals surface area contributed by atoms with E-state index >= 15 is 0 Å². The molecule has 0 amide bonds. The Labute approximate surface area is 113 Å². The van der Waals surface area contributed by atoms with Gasteiger partial charge in [-0.1, -0.05) is 33.6 Å². The molecule has 5 unspecified atom stereocenters. The molecule has 0 spiro atoms. The molecule has 2 rings (SSSR count). The number of nitrogens with zero attached hydrogens (tertiary/aromatic N) is 1. The Kier molecular flexibility index (Phi) is 5.08. The van der Waals surface area contributed by atoms with Gasteiger partial charge in [-0.05, 0) is 56.0 Å². The Balaban J connectivity index is 1.99. The van der Waals surface area contributed by atoms with E-state index in [0.717, 1.165) is 36.3 Å². The van der Waals surface area contributed by atoms with E-state index in [9.17, 15) is 0 Å². The molecule has 0 radical (unpaired) electrons. The largest absolute Gasteiger partial charge is 0.330 e. The van der Waals surface area contributed by atoms with Gasteiger partial charge < -0.3 is 5.73 Å². The predicted molar refractivity (Wildman–Crippen MR) is 78.5 cm³/mol. The fourth-order valence-corrected chi connectivity index (χ4v) is 3.98. The molecule has 1 saturated carbocycles. The normalized spacial score (nSPS) is 43.0. The topological polar surface area (TPSA) is 29.3 Å². The molecular weight excluding hydrogens is 220 g/mol. The van der Waals surface area contributed by atoms with Crippen LogP contribution in [0.15, 0.2) is 0 Å². The second-order valence-electron chi connectivity index (χ2n) is 6.89. The first-order chi connectivity index (χ1) is 8.65. The van der Waals surface area contributed by atoms with Crippen LogP contribution < -0.4 is 5.73 Å². The van der Waals surface area contributed by atoms with E-state index in [1.807, 2.05) is 0 Å². The van der Waals surface area contributed by atoms with Gasteiger partial charge in [0.1, 0.15) is 0 Å².